The Hall–Kier alpha value is -3.72. The molecule has 2 aromatic carbocycles. The van der Waals surface area contributed by atoms with Crippen molar-refractivity contribution < 1.29 is 22.7 Å². The van der Waals surface area contributed by atoms with Crippen molar-refractivity contribution in [3.05, 3.63) is 82.2 Å². The summed E-state index contributed by atoms with van der Waals surface area (Å²) < 4.78 is 46.5. The van der Waals surface area contributed by atoms with Crippen LogP contribution in [0.5, 0.6) is 5.75 Å². The molecule has 1 saturated carbocycles. The van der Waals surface area contributed by atoms with Gasteiger partial charge in [-0.2, -0.15) is 8.78 Å². The summed E-state index contributed by atoms with van der Waals surface area (Å²) in [5.41, 5.74) is 9.47. The summed E-state index contributed by atoms with van der Waals surface area (Å²) in [4.78, 5) is 21.6. The maximum Gasteiger partial charge on any atom is 0.387 e. The van der Waals surface area contributed by atoms with E-state index >= 15 is 4.39 Å². The molecule has 36 heavy (non-hydrogen) atoms. The molecule has 0 radical (unpaired) electrons. The zero-order valence-corrected chi connectivity index (χ0v) is 19.6. The number of fused-ring (bicyclic) bond motifs is 9. The lowest BCUT2D eigenvalue weighted by Crippen LogP contribution is -2.33. The molecule has 6 rings (SSSR count). The fraction of sp³-hybridized carbons (Fsp3) is 0.296. The molecule has 3 aliphatic rings. The van der Waals surface area contributed by atoms with E-state index in [0.29, 0.717) is 40.1 Å². The van der Waals surface area contributed by atoms with Crippen LogP contribution in [-0.2, 0) is 5.54 Å². The SMILES string of the molecule is CC(C)(N)c1ncc(-c2cc3c(cc2F)C=C2C3C3C[C@@H]2NC(=O)c2cccc(OC(F)F)c23)cn1. The van der Waals surface area contributed by atoms with Crippen LogP contribution in [0.25, 0.3) is 17.2 Å². The van der Waals surface area contributed by atoms with Crippen LogP contribution in [0.2, 0.25) is 0 Å². The number of nitrogens with one attached hydrogen (secondary N) is 1. The van der Waals surface area contributed by atoms with Gasteiger partial charge in [0.25, 0.3) is 5.91 Å². The number of rotatable bonds is 4. The summed E-state index contributed by atoms with van der Waals surface area (Å²) in [5.74, 6) is -0.830. The van der Waals surface area contributed by atoms with Crippen molar-refractivity contribution in [1.82, 2.24) is 15.3 Å². The van der Waals surface area contributed by atoms with E-state index in [-0.39, 0.29) is 29.5 Å². The maximum atomic E-state index is 15.2. The number of halogens is 3. The van der Waals surface area contributed by atoms with Gasteiger partial charge in [0.15, 0.2) is 0 Å². The van der Waals surface area contributed by atoms with Gasteiger partial charge in [0, 0.05) is 46.5 Å². The highest BCUT2D eigenvalue weighted by Crippen LogP contribution is 2.58. The second-order valence-corrected chi connectivity index (χ2v) is 10.1. The molecule has 0 spiro atoms. The Morgan fingerprint density at radius 3 is 2.61 bits per heavy atom. The van der Waals surface area contributed by atoms with E-state index in [1.54, 1.807) is 38.4 Å². The van der Waals surface area contributed by atoms with Crippen LogP contribution >= 0.6 is 0 Å². The summed E-state index contributed by atoms with van der Waals surface area (Å²) in [6.07, 6.45) is 5.53. The minimum absolute atomic E-state index is 0.00581. The molecule has 2 bridgehead atoms. The smallest absolute Gasteiger partial charge is 0.387 e. The first kappa shape index (κ1) is 22.7. The molecule has 1 amide bonds. The first-order valence-electron chi connectivity index (χ1n) is 11.7. The molecular weight excluding hydrogens is 469 g/mol. The van der Waals surface area contributed by atoms with Crippen molar-refractivity contribution in [2.75, 3.05) is 0 Å². The standard InChI is InChI=1S/C27H23F3N4O2/c1-27(2,31)25-32-10-13(11-33-25)15-8-16-12(7-19(15)28)6-17-20-9-18(22(16)17)23-14(24(35)34-20)4-3-5-21(23)36-26(29)30/h3-8,10-11,18,20,22,26H,9,31H2,1-2H3,(H,34,35)/t18?,20-,22?/m0/s1. The molecule has 3 atom stereocenters. The van der Waals surface area contributed by atoms with Crippen LogP contribution in [0, 0.1) is 5.82 Å². The molecule has 2 unspecified atom stereocenters. The average molecular weight is 493 g/mol. The molecule has 6 nitrogen and oxygen atoms in total. The molecule has 1 fully saturated rings. The van der Waals surface area contributed by atoms with Crippen molar-refractivity contribution >= 4 is 12.0 Å². The van der Waals surface area contributed by atoms with Gasteiger partial charge in [0.05, 0.1) is 11.6 Å². The van der Waals surface area contributed by atoms with Gasteiger partial charge in [0.2, 0.25) is 0 Å². The largest absolute Gasteiger partial charge is 0.435 e. The molecule has 184 valence electrons. The fourth-order valence-corrected chi connectivity index (χ4v) is 5.75. The first-order valence-corrected chi connectivity index (χ1v) is 11.7. The molecule has 2 aliphatic carbocycles. The molecular formula is C27H23F3N4O2. The lowest BCUT2D eigenvalue weighted by Gasteiger charge is -2.25. The van der Waals surface area contributed by atoms with E-state index < -0.39 is 18.0 Å². The monoisotopic (exact) mass is 492 g/mol. The highest BCUT2D eigenvalue weighted by molar-refractivity contribution is 5.98. The second kappa shape index (κ2) is 7.89. The van der Waals surface area contributed by atoms with Crippen LogP contribution in [0.15, 0.2) is 48.3 Å². The van der Waals surface area contributed by atoms with Gasteiger partial charge in [-0.1, -0.05) is 12.1 Å². The van der Waals surface area contributed by atoms with Crippen molar-refractivity contribution in [1.29, 1.82) is 0 Å². The lowest BCUT2D eigenvalue weighted by molar-refractivity contribution is -0.0506. The van der Waals surface area contributed by atoms with Gasteiger partial charge in [-0.25, -0.2) is 14.4 Å². The number of ether oxygens (including phenoxy) is 1. The van der Waals surface area contributed by atoms with E-state index in [1.165, 1.54) is 18.2 Å². The minimum atomic E-state index is -3.02. The third kappa shape index (κ3) is 3.49. The number of alkyl halides is 2. The Morgan fingerprint density at radius 1 is 1.17 bits per heavy atom. The highest BCUT2D eigenvalue weighted by Gasteiger charge is 2.49. The van der Waals surface area contributed by atoms with Crippen molar-refractivity contribution in [2.24, 2.45) is 5.73 Å². The zero-order valence-electron chi connectivity index (χ0n) is 19.6. The van der Waals surface area contributed by atoms with Gasteiger partial charge in [0.1, 0.15) is 17.4 Å². The maximum absolute atomic E-state index is 15.2. The number of benzene rings is 2. The first-order chi connectivity index (χ1) is 17.1. The Morgan fingerprint density at radius 2 is 1.92 bits per heavy atom. The molecule has 3 N–H and O–H groups in total. The van der Waals surface area contributed by atoms with Gasteiger partial charge in [-0.15, -0.1) is 0 Å². The third-order valence-electron chi connectivity index (χ3n) is 7.23. The number of amides is 1. The van der Waals surface area contributed by atoms with Crippen LogP contribution in [0.1, 0.15) is 65.0 Å². The topological polar surface area (TPSA) is 90.1 Å². The van der Waals surface area contributed by atoms with Gasteiger partial charge < -0.3 is 15.8 Å². The van der Waals surface area contributed by atoms with E-state index in [4.69, 9.17) is 10.5 Å². The Kier molecular flexibility index (Phi) is 4.98. The third-order valence-corrected chi connectivity index (χ3v) is 7.23. The predicted octanol–water partition coefficient (Wildman–Crippen LogP) is 4.86. The molecule has 1 aliphatic heterocycles. The summed E-state index contributed by atoms with van der Waals surface area (Å²) in [7, 11) is 0. The molecule has 3 aromatic rings. The van der Waals surface area contributed by atoms with Gasteiger partial charge >= 0.3 is 6.61 Å². The minimum Gasteiger partial charge on any atom is -0.435 e. The number of hydrogen-bond donors (Lipinski definition) is 2. The average Bonchev–Trinajstić information content (AvgIpc) is 3.29. The van der Waals surface area contributed by atoms with E-state index in [0.717, 1.165) is 11.1 Å². The van der Waals surface area contributed by atoms with E-state index in [2.05, 4.69) is 15.3 Å². The summed E-state index contributed by atoms with van der Waals surface area (Å²) in [6.45, 7) is 0.552. The number of hydrogen-bond acceptors (Lipinski definition) is 5. The number of carbonyl (C=O) groups is 1. The van der Waals surface area contributed by atoms with Crippen LogP contribution < -0.4 is 15.8 Å². The Bertz CT molecular complexity index is 1430. The number of nitrogens with zero attached hydrogens (tertiary/aromatic N) is 2. The highest BCUT2D eigenvalue weighted by atomic mass is 19.3. The fourth-order valence-electron chi connectivity index (χ4n) is 5.75. The summed E-state index contributed by atoms with van der Waals surface area (Å²) >= 11 is 0. The number of carbonyl (C=O) groups excluding carboxylic acids is 1. The van der Waals surface area contributed by atoms with Crippen molar-refractivity contribution in [2.45, 2.75) is 50.3 Å². The molecule has 0 saturated heterocycles. The normalized spacial score (nSPS) is 21.9. The summed E-state index contributed by atoms with van der Waals surface area (Å²) in [5, 5.41) is 3.02. The van der Waals surface area contributed by atoms with Crippen molar-refractivity contribution in [3.63, 3.8) is 0 Å². The Labute approximate surface area is 205 Å². The van der Waals surface area contributed by atoms with Crippen LogP contribution in [-0.4, -0.2) is 28.5 Å². The Balaban J connectivity index is 1.46. The summed E-state index contributed by atoms with van der Waals surface area (Å²) in [6, 6.07) is 7.58. The van der Waals surface area contributed by atoms with Crippen LogP contribution in [0.3, 0.4) is 0 Å². The quantitative estimate of drug-likeness (QED) is 0.543. The number of aromatic nitrogens is 2. The second-order valence-electron chi connectivity index (χ2n) is 10.1. The lowest BCUT2D eigenvalue weighted by atomic mass is 9.80. The molecule has 9 heteroatoms. The molecule has 1 aromatic heterocycles. The van der Waals surface area contributed by atoms with Crippen molar-refractivity contribution in [3.8, 4) is 16.9 Å². The number of nitrogens with two attached hydrogens (primary N) is 1. The zero-order chi connectivity index (χ0) is 25.4. The van der Waals surface area contributed by atoms with Gasteiger partial charge in [-0.3, -0.25) is 4.79 Å². The molecule has 2 heterocycles. The van der Waals surface area contributed by atoms with E-state index in [1.807, 2.05) is 6.08 Å². The predicted molar refractivity (Wildman–Crippen MR) is 127 cm³/mol. The van der Waals surface area contributed by atoms with Gasteiger partial charge in [-0.05, 0) is 61.2 Å². The van der Waals surface area contributed by atoms with Crippen LogP contribution in [0.4, 0.5) is 13.2 Å². The van der Waals surface area contributed by atoms with E-state index in [9.17, 15) is 13.6 Å².